The van der Waals surface area contributed by atoms with Crippen LogP contribution in [0.25, 0.3) is 0 Å². The maximum atomic E-state index is 5.72. The third-order valence-electron chi connectivity index (χ3n) is 3.50. The quantitative estimate of drug-likeness (QED) is 0.404. The Morgan fingerprint density at radius 3 is 2.80 bits per heavy atom. The van der Waals surface area contributed by atoms with E-state index in [1.807, 2.05) is 25.1 Å². The largest absolute Gasteiger partial charge is 0.490 e. The maximum absolute atomic E-state index is 5.72. The minimum atomic E-state index is 0.621. The van der Waals surface area contributed by atoms with Crippen molar-refractivity contribution < 1.29 is 18.9 Å². The molecular formula is C18H29N3O4. The summed E-state index contributed by atoms with van der Waals surface area (Å²) in [7, 11) is 1.67. The molecule has 1 heterocycles. The molecule has 0 unspecified atom stereocenters. The number of guanidine groups is 1. The molecule has 0 bridgehead atoms. The van der Waals surface area contributed by atoms with Crippen LogP contribution >= 0.6 is 0 Å². The molecular weight excluding hydrogens is 322 g/mol. The Balaban J connectivity index is 1.85. The van der Waals surface area contributed by atoms with E-state index in [1.165, 1.54) is 0 Å². The van der Waals surface area contributed by atoms with Crippen LogP contribution in [0, 0.1) is 0 Å². The summed E-state index contributed by atoms with van der Waals surface area (Å²) in [5.74, 6) is 2.30. The van der Waals surface area contributed by atoms with Crippen molar-refractivity contribution in [3.63, 3.8) is 0 Å². The molecule has 1 aliphatic heterocycles. The molecule has 0 spiro atoms. The molecule has 0 radical (unpaired) electrons. The van der Waals surface area contributed by atoms with Gasteiger partial charge in [-0.05, 0) is 25.5 Å². The van der Waals surface area contributed by atoms with Crippen molar-refractivity contribution in [1.29, 1.82) is 0 Å². The first kappa shape index (κ1) is 19.3. The molecule has 0 saturated carbocycles. The van der Waals surface area contributed by atoms with Gasteiger partial charge in [0.2, 0.25) is 0 Å². The summed E-state index contributed by atoms with van der Waals surface area (Å²) in [6.07, 6.45) is 1.76. The second kappa shape index (κ2) is 11.5. The average Bonchev–Trinajstić information content (AvgIpc) is 2.86. The molecule has 2 N–H and O–H groups in total. The van der Waals surface area contributed by atoms with Crippen LogP contribution in [0.1, 0.15) is 19.8 Å². The summed E-state index contributed by atoms with van der Waals surface area (Å²) in [4.78, 5) is 4.57. The lowest BCUT2D eigenvalue weighted by atomic mass is 10.3. The normalized spacial score (nSPS) is 14.1. The summed E-state index contributed by atoms with van der Waals surface area (Å²) < 4.78 is 21.8. The lowest BCUT2D eigenvalue weighted by Gasteiger charge is -2.13. The lowest BCUT2D eigenvalue weighted by molar-refractivity contribution is 0.0702. The van der Waals surface area contributed by atoms with Gasteiger partial charge in [-0.2, -0.15) is 0 Å². The van der Waals surface area contributed by atoms with Crippen molar-refractivity contribution in [1.82, 2.24) is 5.32 Å². The van der Waals surface area contributed by atoms with Gasteiger partial charge in [-0.15, -0.1) is 0 Å². The van der Waals surface area contributed by atoms with E-state index < -0.39 is 0 Å². The Hall–Kier alpha value is -1.99. The molecule has 2 rings (SSSR count). The summed E-state index contributed by atoms with van der Waals surface area (Å²) in [5, 5.41) is 6.54. The smallest absolute Gasteiger partial charge is 0.195 e. The average molecular weight is 351 g/mol. The Morgan fingerprint density at radius 2 is 2.00 bits per heavy atom. The zero-order valence-electron chi connectivity index (χ0n) is 15.2. The third kappa shape index (κ3) is 7.19. The molecule has 1 aromatic rings. The van der Waals surface area contributed by atoms with Crippen molar-refractivity contribution >= 4 is 11.6 Å². The number of aliphatic imine (C=N–C) groups is 1. The first-order valence-electron chi connectivity index (χ1n) is 8.85. The Bertz CT molecular complexity index is 537. The molecule has 25 heavy (non-hydrogen) atoms. The molecule has 7 nitrogen and oxygen atoms in total. The number of ether oxygens (including phenoxy) is 4. The maximum Gasteiger partial charge on any atom is 0.195 e. The van der Waals surface area contributed by atoms with Gasteiger partial charge in [0.1, 0.15) is 0 Å². The summed E-state index contributed by atoms with van der Waals surface area (Å²) in [6, 6.07) is 5.84. The summed E-state index contributed by atoms with van der Waals surface area (Å²) in [5.41, 5.74) is 0.917. The zero-order chi connectivity index (χ0) is 17.7. The number of benzene rings is 1. The van der Waals surface area contributed by atoms with Crippen LogP contribution in [0.4, 0.5) is 5.69 Å². The standard InChI is InChI=1S/C18H29N3O4/c1-3-19-18(20-8-4-9-23-13-12-22-2)21-15-6-7-16-17(14-15)25-11-5-10-24-16/h6-7,14H,3-5,8-13H2,1-2H3,(H2,19,20,21). The van der Waals surface area contributed by atoms with Crippen molar-refractivity contribution in [2.45, 2.75) is 19.8 Å². The van der Waals surface area contributed by atoms with Crippen LogP contribution in [-0.2, 0) is 9.47 Å². The lowest BCUT2D eigenvalue weighted by Crippen LogP contribution is -2.30. The van der Waals surface area contributed by atoms with Crippen LogP contribution in [-0.4, -0.2) is 59.2 Å². The van der Waals surface area contributed by atoms with E-state index in [-0.39, 0.29) is 0 Å². The van der Waals surface area contributed by atoms with Crippen LogP contribution in [0.5, 0.6) is 11.5 Å². The summed E-state index contributed by atoms with van der Waals surface area (Å²) in [6.45, 7) is 6.81. The number of nitrogens with zero attached hydrogens (tertiary/aromatic N) is 1. The monoisotopic (exact) mass is 351 g/mol. The second-order valence-electron chi connectivity index (χ2n) is 5.56. The highest BCUT2D eigenvalue weighted by molar-refractivity contribution is 5.93. The fraction of sp³-hybridized carbons (Fsp3) is 0.611. The van der Waals surface area contributed by atoms with Crippen molar-refractivity contribution in [3.05, 3.63) is 18.2 Å². The third-order valence-corrected chi connectivity index (χ3v) is 3.50. The highest BCUT2D eigenvalue weighted by atomic mass is 16.5. The number of fused-ring (bicyclic) bond motifs is 1. The van der Waals surface area contributed by atoms with Crippen LogP contribution in [0.2, 0.25) is 0 Å². The predicted octanol–water partition coefficient (Wildman–Crippen LogP) is 2.28. The molecule has 0 aromatic heterocycles. The molecule has 1 aliphatic rings. The second-order valence-corrected chi connectivity index (χ2v) is 5.56. The van der Waals surface area contributed by atoms with Crippen LogP contribution < -0.4 is 20.1 Å². The van der Waals surface area contributed by atoms with E-state index in [1.54, 1.807) is 7.11 Å². The SMILES string of the molecule is CCNC(=NCCCOCCOC)Nc1ccc2c(c1)OCCCO2. The number of methoxy groups -OCH3 is 1. The molecule has 0 atom stereocenters. The highest BCUT2D eigenvalue weighted by Gasteiger charge is 2.11. The number of rotatable bonds is 9. The van der Waals surface area contributed by atoms with Gasteiger partial charge in [-0.3, -0.25) is 4.99 Å². The van der Waals surface area contributed by atoms with Gasteiger partial charge in [0.25, 0.3) is 0 Å². The van der Waals surface area contributed by atoms with Crippen molar-refractivity contribution in [3.8, 4) is 11.5 Å². The van der Waals surface area contributed by atoms with Gasteiger partial charge in [0, 0.05) is 45.0 Å². The first-order chi connectivity index (χ1) is 12.3. The van der Waals surface area contributed by atoms with Gasteiger partial charge in [0.15, 0.2) is 17.5 Å². The number of anilines is 1. The van der Waals surface area contributed by atoms with E-state index >= 15 is 0 Å². The fourth-order valence-electron chi connectivity index (χ4n) is 2.29. The van der Waals surface area contributed by atoms with Gasteiger partial charge >= 0.3 is 0 Å². The van der Waals surface area contributed by atoms with E-state index in [9.17, 15) is 0 Å². The molecule has 0 saturated heterocycles. The molecule has 1 aromatic carbocycles. The minimum absolute atomic E-state index is 0.621. The number of hydrogen-bond donors (Lipinski definition) is 2. The van der Waals surface area contributed by atoms with Crippen LogP contribution in [0.3, 0.4) is 0 Å². The van der Waals surface area contributed by atoms with Crippen molar-refractivity contribution in [2.75, 3.05) is 58.6 Å². The minimum Gasteiger partial charge on any atom is -0.490 e. The van der Waals surface area contributed by atoms with Gasteiger partial charge < -0.3 is 29.6 Å². The van der Waals surface area contributed by atoms with Gasteiger partial charge in [0.05, 0.1) is 26.4 Å². The van der Waals surface area contributed by atoms with Crippen molar-refractivity contribution in [2.24, 2.45) is 4.99 Å². The van der Waals surface area contributed by atoms with E-state index in [0.717, 1.165) is 42.5 Å². The van der Waals surface area contributed by atoms with Gasteiger partial charge in [-0.25, -0.2) is 0 Å². The van der Waals surface area contributed by atoms with E-state index in [2.05, 4.69) is 15.6 Å². The Kier molecular flexibility index (Phi) is 8.93. The number of hydrogen-bond acceptors (Lipinski definition) is 5. The van der Waals surface area contributed by atoms with E-state index in [0.29, 0.717) is 39.6 Å². The zero-order valence-corrected chi connectivity index (χ0v) is 15.2. The molecule has 0 amide bonds. The van der Waals surface area contributed by atoms with E-state index in [4.69, 9.17) is 18.9 Å². The van der Waals surface area contributed by atoms with Gasteiger partial charge in [-0.1, -0.05) is 0 Å². The molecule has 7 heteroatoms. The number of nitrogens with one attached hydrogen (secondary N) is 2. The van der Waals surface area contributed by atoms with Crippen LogP contribution in [0.15, 0.2) is 23.2 Å². The molecule has 140 valence electrons. The predicted molar refractivity (Wildman–Crippen MR) is 99.0 cm³/mol. The molecule has 0 fully saturated rings. The fourth-order valence-corrected chi connectivity index (χ4v) is 2.29. The highest BCUT2D eigenvalue weighted by Crippen LogP contribution is 2.32. The Morgan fingerprint density at radius 1 is 1.16 bits per heavy atom. The molecule has 0 aliphatic carbocycles. The topological polar surface area (TPSA) is 73.3 Å². The Labute approximate surface area is 149 Å². The first-order valence-corrected chi connectivity index (χ1v) is 8.85. The summed E-state index contributed by atoms with van der Waals surface area (Å²) >= 11 is 0.